The summed E-state index contributed by atoms with van der Waals surface area (Å²) in [6.45, 7) is 3.70. The van der Waals surface area contributed by atoms with Gasteiger partial charge in [0.15, 0.2) is 0 Å². The molecular formula is C15H22N2O. The van der Waals surface area contributed by atoms with Crippen molar-refractivity contribution >= 4 is 5.91 Å². The summed E-state index contributed by atoms with van der Waals surface area (Å²) in [5, 5.41) is 0. The van der Waals surface area contributed by atoms with Crippen LogP contribution >= 0.6 is 0 Å². The van der Waals surface area contributed by atoms with Crippen LogP contribution in [-0.4, -0.2) is 24.4 Å². The van der Waals surface area contributed by atoms with Crippen LogP contribution in [0.3, 0.4) is 0 Å². The van der Waals surface area contributed by atoms with E-state index in [-0.39, 0.29) is 5.91 Å². The van der Waals surface area contributed by atoms with E-state index in [1.165, 1.54) is 6.42 Å². The van der Waals surface area contributed by atoms with Gasteiger partial charge in [-0.25, -0.2) is 0 Å². The van der Waals surface area contributed by atoms with Gasteiger partial charge in [-0.05, 0) is 29.4 Å². The van der Waals surface area contributed by atoms with E-state index in [0.29, 0.717) is 13.0 Å². The number of carbonyl (C=O) groups excluding carboxylic acids is 1. The quantitative estimate of drug-likeness (QED) is 0.861. The molecule has 0 saturated heterocycles. The van der Waals surface area contributed by atoms with Crippen molar-refractivity contribution < 1.29 is 4.79 Å². The van der Waals surface area contributed by atoms with Gasteiger partial charge in [0, 0.05) is 20.1 Å². The Balaban J connectivity index is 1.85. The third-order valence-corrected chi connectivity index (χ3v) is 3.82. The maximum atomic E-state index is 12.0. The smallest absolute Gasteiger partial charge is 0.226 e. The number of rotatable bonds is 5. The maximum absolute atomic E-state index is 12.0. The van der Waals surface area contributed by atoms with Crippen molar-refractivity contribution in [3.05, 3.63) is 35.4 Å². The minimum absolute atomic E-state index is 0.203. The first-order valence-corrected chi connectivity index (χ1v) is 6.62. The Bertz CT molecular complexity index is 413. The molecule has 0 heterocycles. The van der Waals surface area contributed by atoms with Gasteiger partial charge in [-0.15, -0.1) is 0 Å². The summed E-state index contributed by atoms with van der Waals surface area (Å²) in [4.78, 5) is 13.9. The molecule has 3 nitrogen and oxygen atoms in total. The summed E-state index contributed by atoms with van der Waals surface area (Å²) in [6.07, 6.45) is 1.76. The summed E-state index contributed by atoms with van der Waals surface area (Å²) in [5.41, 5.74) is 7.71. The van der Waals surface area contributed by atoms with Crippen LogP contribution in [0.2, 0.25) is 0 Å². The Morgan fingerprint density at radius 3 is 2.39 bits per heavy atom. The fourth-order valence-corrected chi connectivity index (χ4v) is 2.21. The molecule has 0 spiro atoms. The van der Waals surface area contributed by atoms with E-state index < -0.39 is 0 Å². The number of nitrogens with two attached hydrogens (primary N) is 1. The average molecular weight is 246 g/mol. The molecule has 0 aromatic heterocycles. The molecule has 1 aliphatic carbocycles. The molecular weight excluding hydrogens is 224 g/mol. The van der Waals surface area contributed by atoms with Gasteiger partial charge in [0.25, 0.3) is 0 Å². The lowest BCUT2D eigenvalue weighted by atomic mass is 10.1. The number of nitrogens with zero attached hydrogens (tertiary/aromatic N) is 1. The zero-order valence-corrected chi connectivity index (χ0v) is 11.2. The molecule has 0 aliphatic heterocycles. The van der Waals surface area contributed by atoms with E-state index in [1.807, 2.05) is 36.2 Å². The molecule has 0 radical (unpaired) electrons. The molecule has 1 saturated carbocycles. The Hall–Kier alpha value is -1.35. The number of hydrogen-bond acceptors (Lipinski definition) is 2. The summed E-state index contributed by atoms with van der Waals surface area (Å²) in [6, 6.07) is 7.97. The Morgan fingerprint density at radius 1 is 1.33 bits per heavy atom. The molecule has 1 aliphatic rings. The Kier molecular flexibility index (Phi) is 4.02. The minimum atomic E-state index is 0.203. The van der Waals surface area contributed by atoms with Crippen LogP contribution in [0.5, 0.6) is 0 Å². The van der Waals surface area contributed by atoms with Crippen molar-refractivity contribution in [1.29, 1.82) is 0 Å². The van der Waals surface area contributed by atoms with Crippen molar-refractivity contribution in [3.63, 3.8) is 0 Å². The highest BCUT2D eigenvalue weighted by atomic mass is 16.2. The third-order valence-electron chi connectivity index (χ3n) is 3.82. The second-order valence-electron chi connectivity index (χ2n) is 5.44. The second-order valence-corrected chi connectivity index (χ2v) is 5.44. The first-order chi connectivity index (χ1) is 8.60. The minimum Gasteiger partial charge on any atom is -0.345 e. The number of likely N-dealkylation sites (N-methyl/N-ethyl adjacent to an activating group) is 1. The number of benzene rings is 1. The molecule has 2 rings (SSSR count). The second kappa shape index (κ2) is 5.53. The van der Waals surface area contributed by atoms with E-state index in [4.69, 9.17) is 5.73 Å². The monoisotopic (exact) mass is 246 g/mol. The molecule has 3 heteroatoms. The van der Waals surface area contributed by atoms with Gasteiger partial charge in [0.1, 0.15) is 0 Å². The molecule has 98 valence electrons. The van der Waals surface area contributed by atoms with E-state index >= 15 is 0 Å². The van der Waals surface area contributed by atoms with E-state index in [9.17, 15) is 4.79 Å². The van der Waals surface area contributed by atoms with Gasteiger partial charge in [-0.2, -0.15) is 0 Å². The number of carbonyl (C=O) groups is 1. The maximum Gasteiger partial charge on any atom is 0.226 e. The van der Waals surface area contributed by atoms with Gasteiger partial charge >= 0.3 is 0 Å². The standard InChI is InChI=1S/C15H22N2O/c1-11-7-14(11)10-17(2)15(18)8-12-3-5-13(9-16)6-4-12/h3-6,11,14H,7-10,16H2,1-2H3. The highest BCUT2D eigenvalue weighted by molar-refractivity contribution is 5.78. The van der Waals surface area contributed by atoms with Gasteiger partial charge in [0.05, 0.1) is 6.42 Å². The summed E-state index contributed by atoms with van der Waals surface area (Å²) in [5.74, 6) is 1.72. The van der Waals surface area contributed by atoms with Crippen LogP contribution in [0.25, 0.3) is 0 Å². The molecule has 1 aromatic carbocycles. The zero-order valence-electron chi connectivity index (χ0n) is 11.2. The van der Waals surface area contributed by atoms with Crippen molar-refractivity contribution in [2.24, 2.45) is 17.6 Å². The van der Waals surface area contributed by atoms with Crippen molar-refractivity contribution in [1.82, 2.24) is 4.90 Å². The highest BCUT2D eigenvalue weighted by Crippen LogP contribution is 2.37. The molecule has 0 bridgehead atoms. The average Bonchev–Trinajstić information content (AvgIpc) is 3.05. The lowest BCUT2D eigenvalue weighted by Crippen LogP contribution is -2.30. The molecule has 2 atom stereocenters. The molecule has 18 heavy (non-hydrogen) atoms. The first-order valence-electron chi connectivity index (χ1n) is 6.62. The largest absolute Gasteiger partial charge is 0.345 e. The van der Waals surface area contributed by atoms with Crippen molar-refractivity contribution in [3.8, 4) is 0 Å². The molecule has 1 fully saturated rings. The predicted molar refractivity (Wildman–Crippen MR) is 72.9 cm³/mol. The van der Waals surface area contributed by atoms with E-state index in [2.05, 4.69) is 6.92 Å². The van der Waals surface area contributed by atoms with Crippen LogP contribution in [0.4, 0.5) is 0 Å². The van der Waals surface area contributed by atoms with Crippen LogP contribution in [0.1, 0.15) is 24.5 Å². The summed E-state index contributed by atoms with van der Waals surface area (Å²) >= 11 is 0. The normalized spacial score (nSPS) is 21.7. The first kappa shape index (κ1) is 13.1. The fourth-order valence-electron chi connectivity index (χ4n) is 2.21. The topological polar surface area (TPSA) is 46.3 Å². The van der Waals surface area contributed by atoms with Crippen LogP contribution in [0, 0.1) is 11.8 Å². The number of hydrogen-bond donors (Lipinski definition) is 1. The Morgan fingerprint density at radius 2 is 1.89 bits per heavy atom. The Labute approximate surface area is 109 Å². The number of amides is 1. The molecule has 2 unspecified atom stereocenters. The molecule has 1 aromatic rings. The van der Waals surface area contributed by atoms with Crippen molar-refractivity contribution in [2.75, 3.05) is 13.6 Å². The summed E-state index contributed by atoms with van der Waals surface area (Å²) in [7, 11) is 1.90. The van der Waals surface area contributed by atoms with E-state index in [1.54, 1.807) is 0 Å². The van der Waals surface area contributed by atoms with Crippen LogP contribution < -0.4 is 5.73 Å². The highest BCUT2D eigenvalue weighted by Gasteiger charge is 2.34. The van der Waals surface area contributed by atoms with Crippen LogP contribution in [-0.2, 0) is 17.8 Å². The predicted octanol–water partition coefficient (Wildman–Crippen LogP) is 1.80. The SMILES string of the molecule is CC1CC1CN(C)C(=O)Cc1ccc(CN)cc1. The van der Waals surface area contributed by atoms with Gasteiger partial charge in [-0.3, -0.25) is 4.79 Å². The third kappa shape index (κ3) is 3.33. The van der Waals surface area contributed by atoms with Gasteiger partial charge in [-0.1, -0.05) is 31.2 Å². The fraction of sp³-hybridized carbons (Fsp3) is 0.533. The lowest BCUT2D eigenvalue weighted by molar-refractivity contribution is -0.129. The lowest BCUT2D eigenvalue weighted by Gasteiger charge is -2.17. The molecule has 2 N–H and O–H groups in total. The van der Waals surface area contributed by atoms with E-state index in [0.717, 1.165) is 29.5 Å². The summed E-state index contributed by atoms with van der Waals surface area (Å²) < 4.78 is 0. The molecule has 1 amide bonds. The zero-order chi connectivity index (χ0) is 13.1. The van der Waals surface area contributed by atoms with Gasteiger partial charge in [0.2, 0.25) is 5.91 Å². The van der Waals surface area contributed by atoms with Crippen LogP contribution in [0.15, 0.2) is 24.3 Å². The van der Waals surface area contributed by atoms with Gasteiger partial charge < -0.3 is 10.6 Å². The van der Waals surface area contributed by atoms with Crippen molar-refractivity contribution in [2.45, 2.75) is 26.3 Å².